The molecule has 0 unspecified atom stereocenters. The third kappa shape index (κ3) is 2.80. The number of piperazine rings is 1. The van der Waals surface area contributed by atoms with E-state index in [4.69, 9.17) is 5.11 Å². The maximum Gasteiger partial charge on any atom is 0.335 e. The Balaban J connectivity index is 1.86. The fourth-order valence-corrected chi connectivity index (χ4v) is 2.91. The van der Waals surface area contributed by atoms with E-state index in [1.807, 2.05) is 13.1 Å². The number of rotatable bonds is 3. The predicted molar refractivity (Wildman–Crippen MR) is 82.7 cm³/mol. The van der Waals surface area contributed by atoms with Gasteiger partial charge < -0.3 is 14.6 Å². The molecule has 5 heteroatoms. The average Bonchev–Trinajstić information content (AvgIpc) is 2.77. The highest BCUT2D eigenvalue weighted by Gasteiger charge is 2.16. The van der Waals surface area contributed by atoms with Gasteiger partial charge in [-0.1, -0.05) is 6.07 Å². The molecule has 5 nitrogen and oxygen atoms in total. The molecule has 112 valence electrons. The summed E-state index contributed by atoms with van der Waals surface area (Å²) in [6, 6.07) is 7.49. The Morgan fingerprint density at radius 2 is 1.86 bits per heavy atom. The molecule has 1 aromatic heterocycles. The van der Waals surface area contributed by atoms with Crippen molar-refractivity contribution in [2.45, 2.75) is 6.54 Å². The van der Waals surface area contributed by atoms with Crippen molar-refractivity contribution in [3.05, 3.63) is 35.5 Å². The van der Waals surface area contributed by atoms with Crippen molar-refractivity contribution in [2.24, 2.45) is 7.05 Å². The van der Waals surface area contributed by atoms with Crippen LogP contribution in [0.25, 0.3) is 10.9 Å². The van der Waals surface area contributed by atoms with Crippen LogP contribution in [0.5, 0.6) is 0 Å². The van der Waals surface area contributed by atoms with Gasteiger partial charge in [0.2, 0.25) is 0 Å². The molecule has 2 aromatic rings. The fraction of sp³-hybridized carbons (Fsp3) is 0.438. The first-order valence-electron chi connectivity index (χ1n) is 7.27. The molecule has 1 aliphatic heterocycles. The summed E-state index contributed by atoms with van der Waals surface area (Å²) in [5, 5.41) is 10.2. The Kier molecular flexibility index (Phi) is 3.69. The average molecular weight is 287 g/mol. The van der Waals surface area contributed by atoms with E-state index in [1.165, 1.54) is 5.69 Å². The highest BCUT2D eigenvalue weighted by Crippen LogP contribution is 2.21. The first-order valence-corrected chi connectivity index (χ1v) is 7.27. The molecular formula is C16H21N3O2. The molecular weight excluding hydrogens is 266 g/mol. The lowest BCUT2D eigenvalue weighted by molar-refractivity contribution is 0.0697. The third-order valence-corrected chi connectivity index (χ3v) is 4.37. The Morgan fingerprint density at radius 3 is 2.52 bits per heavy atom. The Morgan fingerprint density at radius 1 is 1.14 bits per heavy atom. The number of aromatic carboxylic acids is 1. The van der Waals surface area contributed by atoms with Crippen LogP contribution in [0.4, 0.5) is 0 Å². The first-order chi connectivity index (χ1) is 10.0. The van der Waals surface area contributed by atoms with E-state index in [2.05, 4.69) is 27.5 Å². The van der Waals surface area contributed by atoms with Gasteiger partial charge >= 0.3 is 5.97 Å². The number of likely N-dealkylation sites (N-methyl/N-ethyl adjacent to an activating group) is 1. The van der Waals surface area contributed by atoms with E-state index < -0.39 is 5.97 Å². The van der Waals surface area contributed by atoms with Gasteiger partial charge in [-0.2, -0.15) is 0 Å². The normalized spacial score (nSPS) is 17.4. The topological polar surface area (TPSA) is 48.7 Å². The van der Waals surface area contributed by atoms with Crippen LogP contribution >= 0.6 is 0 Å². The summed E-state index contributed by atoms with van der Waals surface area (Å²) >= 11 is 0. The maximum absolute atomic E-state index is 11.1. The first kappa shape index (κ1) is 14.1. The van der Waals surface area contributed by atoms with Crippen molar-refractivity contribution in [1.29, 1.82) is 0 Å². The standard InChI is InChI=1S/C16H21N3O2/c1-17-5-7-19(8-6-17)11-14-9-12-3-4-13(16(20)21)10-15(12)18(14)2/h3-4,9-10H,5-8,11H2,1-2H3,(H,20,21). The molecule has 1 fully saturated rings. The quantitative estimate of drug-likeness (QED) is 0.932. The lowest BCUT2D eigenvalue weighted by Crippen LogP contribution is -2.44. The summed E-state index contributed by atoms with van der Waals surface area (Å²) in [6.45, 7) is 5.29. The largest absolute Gasteiger partial charge is 0.478 e. The molecule has 0 aliphatic carbocycles. The molecule has 1 aliphatic rings. The second-order valence-corrected chi connectivity index (χ2v) is 5.85. The van der Waals surface area contributed by atoms with E-state index in [-0.39, 0.29) is 0 Å². The number of fused-ring (bicyclic) bond motifs is 1. The lowest BCUT2D eigenvalue weighted by atomic mass is 10.1. The summed E-state index contributed by atoms with van der Waals surface area (Å²) in [5.41, 5.74) is 2.56. The van der Waals surface area contributed by atoms with E-state index in [0.717, 1.165) is 43.6 Å². The van der Waals surface area contributed by atoms with Gasteiger partial charge in [0, 0.05) is 51.0 Å². The number of aromatic nitrogens is 1. The van der Waals surface area contributed by atoms with Crippen LogP contribution in [0.15, 0.2) is 24.3 Å². The van der Waals surface area contributed by atoms with Gasteiger partial charge in [-0.3, -0.25) is 4.90 Å². The summed E-state index contributed by atoms with van der Waals surface area (Å²) in [5.74, 6) is -0.876. The fourth-order valence-electron chi connectivity index (χ4n) is 2.91. The molecule has 1 N–H and O–H groups in total. The smallest absolute Gasteiger partial charge is 0.335 e. The second-order valence-electron chi connectivity index (χ2n) is 5.85. The molecule has 0 amide bonds. The minimum absolute atomic E-state index is 0.342. The number of hydrogen-bond acceptors (Lipinski definition) is 3. The third-order valence-electron chi connectivity index (χ3n) is 4.37. The Bertz CT molecular complexity index is 669. The molecule has 3 rings (SSSR count). The molecule has 1 saturated heterocycles. The summed E-state index contributed by atoms with van der Waals surface area (Å²) in [7, 11) is 4.17. The van der Waals surface area contributed by atoms with E-state index in [9.17, 15) is 4.79 Å². The van der Waals surface area contributed by atoms with Gasteiger partial charge in [0.15, 0.2) is 0 Å². The molecule has 21 heavy (non-hydrogen) atoms. The summed E-state index contributed by atoms with van der Waals surface area (Å²) in [6.07, 6.45) is 0. The van der Waals surface area contributed by atoms with Crippen LogP contribution in [0.1, 0.15) is 16.1 Å². The van der Waals surface area contributed by atoms with Gasteiger partial charge in [-0.15, -0.1) is 0 Å². The number of carbonyl (C=O) groups is 1. The zero-order valence-electron chi connectivity index (χ0n) is 12.5. The van der Waals surface area contributed by atoms with Crippen LogP contribution in [-0.4, -0.2) is 58.7 Å². The van der Waals surface area contributed by atoms with Crippen LogP contribution in [-0.2, 0) is 13.6 Å². The van der Waals surface area contributed by atoms with Crippen LogP contribution in [0.2, 0.25) is 0 Å². The van der Waals surface area contributed by atoms with Gasteiger partial charge in [0.25, 0.3) is 0 Å². The van der Waals surface area contributed by atoms with Gasteiger partial charge in [-0.25, -0.2) is 4.79 Å². The number of carboxylic acid groups (broad SMARTS) is 1. The Labute approximate surface area is 124 Å². The van der Waals surface area contributed by atoms with Crippen molar-refractivity contribution in [3.63, 3.8) is 0 Å². The SMILES string of the molecule is CN1CCN(Cc2cc3ccc(C(=O)O)cc3n2C)CC1. The van der Waals surface area contributed by atoms with Crippen LogP contribution < -0.4 is 0 Å². The molecule has 0 saturated carbocycles. The monoisotopic (exact) mass is 287 g/mol. The maximum atomic E-state index is 11.1. The lowest BCUT2D eigenvalue weighted by Gasteiger charge is -2.32. The molecule has 2 heterocycles. The minimum atomic E-state index is -0.876. The van der Waals surface area contributed by atoms with Crippen LogP contribution in [0, 0.1) is 0 Å². The number of hydrogen-bond donors (Lipinski definition) is 1. The predicted octanol–water partition coefficient (Wildman–Crippen LogP) is 1.62. The molecule has 0 bridgehead atoms. The number of carboxylic acids is 1. The zero-order valence-corrected chi connectivity index (χ0v) is 12.5. The summed E-state index contributed by atoms with van der Waals surface area (Å²) in [4.78, 5) is 15.9. The van der Waals surface area contributed by atoms with Crippen molar-refractivity contribution < 1.29 is 9.90 Å². The van der Waals surface area contributed by atoms with E-state index in [0.29, 0.717) is 5.56 Å². The van der Waals surface area contributed by atoms with Crippen molar-refractivity contribution in [1.82, 2.24) is 14.4 Å². The number of aryl methyl sites for hydroxylation is 1. The zero-order chi connectivity index (χ0) is 15.0. The van der Waals surface area contributed by atoms with Gasteiger partial charge in [-0.05, 0) is 30.6 Å². The Hall–Kier alpha value is -1.85. The molecule has 0 spiro atoms. The molecule has 0 radical (unpaired) electrons. The number of nitrogens with zero attached hydrogens (tertiary/aromatic N) is 3. The van der Waals surface area contributed by atoms with E-state index >= 15 is 0 Å². The highest BCUT2D eigenvalue weighted by atomic mass is 16.4. The second kappa shape index (κ2) is 5.50. The number of benzene rings is 1. The van der Waals surface area contributed by atoms with Gasteiger partial charge in [0.05, 0.1) is 5.56 Å². The highest BCUT2D eigenvalue weighted by molar-refractivity contribution is 5.93. The van der Waals surface area contributed by atoms with E-state index in [1.54, 1.807) is 12.1 Å². The molecule has 0 atom stereocenters. The van der Waals surface area contributed by atoms with Crippen molar-refractivity contribution in [2.75, 3.05) is 33.2 Å². The van der Waals surface area contributed by atoms with Crippen molar-refractivity contribution >= 4 is 16.9 Å². The minimum Gasteiger partial charge on any atom is -0.478 e. The molecule has 1 aromatic carbocycles. The van der Waals surface area contributed by atoms with Gasteiger partial charge in [0.1, 0.15) is 0 Å². The van der Waals surface area contributed by atoms with Crippen LogP contribution in [0.3, 0.4) is 0 Å². The van der Waals surface area contributed by atoms with Crippen molar-refractivity contribution in [3.8, 4) is 0 Å². The summed E-state index contributed by atoms with van der Waals surface area (Å²) < 4.78 is 2.11.